The summed E-state index contributed by atoms with van der Waals surface area (Å²) < 4.78 is 5.35. The third-order valence-electron chi connectivity index (χ3n) is 3.22. The lowest BCUT2D eigenvalue weighted by Gasteiger charge is -2.53. The van der Waals surface area contributed by atoms with E-state index in [1.807, 2.05) is 7.11 Å². The fourth-order valence-electron chi connectivity index (χ4n) is 3.22. The van der Waals surface area contributed by atoms with Crippen molar-refractivity contribution in [2.45, 2.75) is 53.7 Å². The molecular weight excluding hydrogens is 186 g/mol. The molecule has 2 heteroatoms. The molecule has 1 saturated heterocycles. The molecule has 2 nitrogen and oxygen atoms in total. The fourth-order valence-corrected chi connectivity index (χ4v) is 3.22. The summed E-state index contributed by atoms with van der Waals surface area (Å²) in [6.07, 6.45) is 0.456. The average Bonchev–Trinajstić information content (AvgIpc) is 1.89. The van der Waals surface area contributed by atoms with Crippen LogP contribution < -0.4 is 0 Å². The van der Waals surface area contributed by atoms with E-state index < -0.39 is 0 Å². The molecule has 0 unspecified atom stereocenters. The third-order valence-corrected chi connectivity index (χ3v) is 3.22. The molecule has 0 bridgehead atoms. The Kier molecular flexibility index (Phi) is 3.52. The molecule has 0 atom stereocenters. The van der Waals surface area contributed by atoms with Crippen LogP contribution in [0.3, 0.4) is 0 Å². The van der Waals surface area contributed by atoms with E-state index in [4.69, 9.17) is 4.74 Å². The quantitative estimate of drug-likeness (QED) is 0.699. The lowest BCUT2D eigenvalue weighted by atomic mass is 9.70. The van der Waals surface area contributed by atoms with Gasteiger partial charge in [-0.05, 0) is 10.8 Å². The van der Waals surface area contributed by atoms with Gasteiger partial charge in [-0.1, -0.05) is 41.5 Å². The van der Waals surface area contributed by atoms with E-state index in [9.17, 15) is 0 Å². The van der Waals surface area contributed by atoms with Gasteiger partial charge in [0.1, 0.15) is 0 Å². The Hall–Kier alpha value is -0.0800. The lowest BCUT2D eigenvalue weighted by molar-refractivity contribution is -0.101. The van der Waals surface area contributed by atoms with Gasteiger partial charge in [0, 0.05) is 26.2 Å². The van der Waals surface area contributed by atoms with Crippen LogP contribution in [0.25, 0.3) is 0 Å². The number of nitrogens with zero attached hydrogens (tertiary/aromatic N) is 1. The molecule has 15 heavy (non-hydrogen) atoms. The Morgan fingerprint density at radius 2 is 1.40 bits per heavy atom. The molecule has 0 spiro atoms. The van der Waals surface area contributed by atoms with Crippen LogP contribution in [0.5, 0.6) is 0 Å². The van der Waals surface area contributed by atoms with Crippen molar-refractivity contribution in [1.29, 1.82) is 0 Å². The Morgan fingerprint density at radius 1 is 1.00 bits per heavy atom. The first-order valence-electron chi connectivity index (χ1n) is 5.93. The van der Waals surface area contributed by atoms with Gasteiger partial charge in [0.05, 0.1) is 6.10 Å². The van der Waals surface area contributed by atoms with Crippen molar-refractivity contribution in [2.24, 2.45) is 10.8 Å². The van der Waals surface area contributed by atoms with Gasteiger partial charge in [-0.2, -0.15) is 0 Å². The van der Waals surface area contributed by atoms with Crippen LogP contribution >= 0.6 is 0 Å². The molecule has 0 aromatic heterocycles. The zero-order valence-electron chi connectivity index (χ0n) is 11.4. The zero-order valence-corrected chi connectivity index (χ0v) is 11.4. The highest BCUT2D eigenvalue weighted by atomic mass is 16.5. The largest absolute Gasteiger partial charge is 0.379 e. The minimum absolute atomic E-state index is 0.330. The molecule has 0 radical (unpaired) electrons. The van der Waals surface area contributed by atoms with Crippen LogP contribution in [0.4, 0.5) is 0 Å². The molecule has 90 valence electrons. The minimum atomic E-state index is 0.330. The summed E-state index contributed by atoms with van der Waals surface area (Å²) in [4.78, 5) is 2.56. The van der Waals surface area contributed by atoms with E-state index in [1.165, 1.54) is 0 Å². The van der Waals surface area contributed by atoms with Crippen molar-refractivity contribution in [3.8, 4) is 0 Å². The number of likely N-dealkylation sites (tertiary alicyclic amines) is 1. The summed E-state index contributed by atoms with van der Waals surface area (Å²) in [6, 6.07) is 0.622. The number of methoxy groups -OCH3 is 1. The molecule has 1 aliphatic rings. The topological polar surface area (TPSA) is 12.5 Å². The van der Waals surface area contributed by atoms with E-state index >= 15 is 0 Å². The summed E-state index contributed by atoms with van der Waals surface area (Å²) >= 11 is 0. The second-order valence-corrected chi connectivity index (χ2v) is 6.95. The molecule has 0 aromatic carbocycles. The van der Waals surface area contributed by atoms with E-state index in [0.29, 0.717) is 23.0 Å². The molecule has 1 rings (SSSR count). The number of ether oxygens (including phenoxy) is 1. The predicted octanol–water partition coefficient (Wildman–Crippen LogP) is 2.78. The SMILES string of the molecule is COC1CN(C(C(C)(C)C)C(C)(C)C)C1. The van der Waals surface area contributed by atoms with Gasteiger partial charge in [-0.3, -0.25) is 4.90 Å². The van der Waals surface area contributed by atoms with E-state index in [1.54, 1.807) is 0 Å². The second kappa shape index (κ2) is 4.06. The summed E-state index contributed by atoms with van der Waals surface area (Å²) in [7, 11) is 1.81. The Bertz CT molecular complexity index is 192. The monoisotopic (exact) mass is 213 g/mol. The maximum absolute atomic E-state index is 5.35. The molecule has 1 heterocycles. The van der Waals surface area contributed by atoms with Crippen LogP contribution in [-0.4, -0.2) is 37.2 Å². The van der Waals surface area contributed by atoms with Gasteiger partial charge in [0.25, 0.3) is 0 Å². The van der Waals surface area contributed by atoms with Gasteiger partial charge in [0.2, 0.25) is 0 Å². The zero-order chi connectivity index (χ0) is 11.9. The summed E-state index contributed by atoms with van der Waals surface area (Å²) in [5.74, 6) is 0. The summed E-state index contributed by atoms with van der Waals surface area (Å²) in [5.41, 5.74) is 0.661. The Balaban J connectivity index is 2.69. The van der Waals surface area contributed by atoms with Gasteiger partial charge >= 0.3 is 0 Å². The van der Waals surface area contributed by atoms with Gasteiger partial charge in [-0.15, -0.1) is 0 Å². The molecule has 0 aliphatic carbocycles. The third kappa shape index (κ3) is 2.94. The van der Waals surface area contributed by atoms with Crippen molar-refractivity contribution < 1.29 is 4.74 Å². The van der Waals surface area contributed by atoms with Gasteiger partial charge in [-0.25, -0.2) is 0 Å². The van der Waals surface area contributed by atoms with Crippen LogP contribution in [-0.2, 0) is 4.74 Å². The number of hydrogen-bond acceptors (Lipinski definition) is 2. The number of rotatable bonds is 2. The fraction of sp³-hybridized carbons (Fsp3) is 1.00. The van der Waals surface area contributed by atoms with E-state index in [0.717, 1.165) is 13.1 Å². The second-order valence-electron chi connectivity index (χ2n) is 6.95. The predicted molar refractivity (Wildman–Crippen MR) is 65.1 cm³/mol. The summed E-state index contributed by atoms with van der Waals surface area (Å²) in [6.45, 7) is 16.2. The van der Waals surface area contributed by atoms with Crippen molar-refractivity contribution in [1.82, 2.24) is 4.90 Å². The maximum atomic E-state index is 5.35. The van der Waals surface area contributed by atoms with E-state index in [-0.39, 0.29) is 0 Å². The van der Waals surface area contributed by atoms with Crippen LogP contribution in [0, 0.1) is 10.8 Å². The average molecular weight is 213 g/mol. The van der Waals surface area contributed by atoms with Crippen LogP contribution in [0.1, 0.15) is 41.5 Å². The summed E-state index contributed by atoms with van der Waals surface area (Å²) in [5, 5.41) is 0. The first kappa shape index (κ1) is 13.0. The first-order valence-corrected chi connectivity index (χ1v) is 5.93. The van der Waals surface area contributed by atoms with Crippen molar-refractivity contribution in [3.05, 3.63) is 0 Å². The molecule has 0 saturated carbocycles. The van der Waals surface area contributed by atoms with E-state index in [2.05, 4.69) is 46.4 Å². The number of hydrogen-bond donors (Lipinski definition) is 0. The van der Waals surface area contributed by atoms with Gasteiger partial charge in [0.15, 0.2) is 0 Å². The Morgan fingerprint density at radius 3 is 1.67 bits per heavy atom. The Labute approximate surface area is 95.0 Å². The van der Waals surface area contributed by atoms with Gasteiger partial charge < -0.3 is 4.74 Å². The first-order chi connectivity index (χ1) is 6.66. The molecule has 0 aromatic rings. The van der Waals surface area contributed by atoms with Crippen LogP contribution in [0.2, 0.25) is 0 Å². The normalized spacial score (nSPS) is 20.8. The highest BCUT2D eigenvalue weighted by molar-refractivity contribution is 4.97. The molecule has 0 N–H and O–H groups in total. The maximum Gasteiger partial charge on any atom is 0.0825 e. The molecular formula is C13H27NO. The highest BCUT2D eigenvalue weighted by Crippen LogP contribution is 2.39. The minimum Gasteiger partial charge on any atom is -0.379 e. The highest BCUT2D eigenvalue weighted by Gasteiger charge is 2.44. The standard InChI is InChI=1S/C13H27NO/c1-12(2,3)11(13(4,5)6)14-8-10(9-14)15-7/h10-11H,8-9H2,1-7H3. The lowest BCUT2D eigenvalue weighted by Crippen LogP contribution is -2.63. The van der Waals surface area contributed by atoms with Crippen molar-refractivity contribution in [2.75, 3.05) is 20.2 Å². The van der Waals surface area contributed by atoms with Crippen molar-refractivity contribution in [3.63, 3.8) is 0 Å². The molecule has 1 fully saturated rings. The van der Waals surface area contributed by atoms with Crippen molar-refractivity contribution >= 4 is 0 Å². The smallest absolute Gasteiger partial charge is 0.0825 e. The van der Waals surface area contributed by atoms with Crippen LogP contribution in [0.15, 0.2) is 0 Å². The molecule has 1 aliphatic heterocycles. The molecule has 0 amide bonds.